The van der Waals surface area contributed by atoms with Gasteiger partial charge in [0.05, 0.1) is 0 Å². The highest BCUT2D eigenvalue weighted by atomic mass is 79.9. The van der Waals surface area contributed by atoms with E-state index in [1.807, 2.05) is 48.5 Å². The van der Waals surface area contributed by atoms with Crippen molar-refractivity contribution in [1.29, 1.82) is 0 Å². The van der Waals surface area contributed by atoms with Gasteiger partial charge in [0, 0.05) is 20.9 Å². The third-order valence-electron chi connectivity index (χ3n) is 4.31. The SMILES string of the molecule is O=C(N[C@@H](Cc1cccc(OCc2ccccc2)c1)C(=O)O)c1cc(Br)cc(Br)c1. The van der Waals surface area contributed by atoms with Crippen LogP contribution >= 0.6 is 31.9 Å². The monoisotopic (exact) mass is 531 g/mol. The smallest absolute Gasteiger partial charge is 0.326 e. The Bertz CT molecular complexity index is 1020. The van der Waals surface area contributed by atoms with Crippen molar-refractivity contribution in [2.24, 2.45) is 0 Å². The summed E-state index contributed by atoms with van der Waals surface area (Å²) in [6.45, 7) is 0.418. The Labute approximate surface area is 191 Å². The first-order valence-corrected chi connectivity index (χ1v) is 10.7. The van der Waals surface area contributed by atoms with Crippen LogP contribution in [-0.2, 0) is 17.8 Å². The number of carbonyl (C=O) groups excluding carboxylic acids is 1. The predicted octanol–water partition coefficient (Wildman–Crippen LogP) is 5.22. The van der Waals surface area contributed by atoms with Gasteiger partial charge in [-0.1, -0.05) is 74.3 Å². The lowest BCUT2D eigenvalue weighted by Crippen LogP contribution is -2.42. The van der Waals surface area contributed by atoms with Gasteiger partial charge in [-0.15, -0.1) is 0 Å². The third-order valence-corrected chi connectivity index (χ3v) is 5.23. The van der Waals surface area contributed by atoms with Gasteiger partial charge in [-0.2, -0.15) is 0 Å². The van der Waals surface area contributed by atoms with Gasteiger partial charge in [-0.05, 0) is 41.5 Å². The number of carbonyl (C=O) groups is 2. The number of ether oxygens (including phenoxy) is 1. The van der Waals surface area contributed by atoms with Crippen LogP contribution in [0.1, 0.15) is 21.5 Å². The molecule has 30 heavy (non-hydrogen) atoms. The van der Waals surface area contributed by atoms with E-state index < -0.39 is 17.9 Å². The van der Waals surface area contributed by atoms with Crippen LogP contribution in [0.5, 0.6) is 5.75 Å². The first-order valence-electron chi connectivity index (χ1n) is 9.16. The summed E-state index contributed by atoms with van der Waals surface area (Å²) in [5, 5.41) is 12.2. The van der Waals surface area contributed by atoms with Crippen molar-refractivity contribution < 1.29 is 19.4 Å². The highest BCUT2D eigenvalue weighted by Gasteiger charge is 2.22. The molecule has 0 bridgehead atoms. The summed E-state index contributed by atoms with van der Waals surface area (Å²) in [5.74, 6) is -0.920. The van der Waals surface area contributed by atoms with Gasteiger partial charge < -0.3 is 15.2 Å². The number of carboxylic acids is 1. The number of halogens is 2. The molecule has 0 saturated carbocycles. The maximum atomic E-state index is 12.5. The van der Waals surface area contributed by atoms with E-state index in [1.165, 1.54) is 0 Å². The molecule has 3 aromatic rings. The predicted molar refractivity (Wildman–Crippen MR) is 122 cm³/mol. The van der Waals surface area contributed by atoms with E-state index >= 15 is 0 Å². The Hall–Kier alpha value is -2.64. The molecule has 154 valence electrons. The fraction of sp³-hybridized carbons (Fsp3) is 0.130. The van der Waals surface area contributed by atoms with Crippen molar-refractivity contribution in [3.63, 3.8) is 0 Å². The van der Waals surface area contributed by atoms with Gasteiger partial charge in [0.25, 0.3) is 5.91 Å². The van der Waals surface area contributed by atoms with Crippen LogP contribution in [0.2, 0.25) is 0 Å². The quantitative estimate of drug-likeness (QED) is 0.417. The number of nitrogens with one attached hydrogen (secondary N) is 1. The minimum atomic E-state index is -1.10. The molecule has 0 aliphatic heterocycles. The van der Waals surface area contributed by atoms with E-state index in [-0.39, 0.29) is 6.42 Å². The number of hydrogen-bond donors (Lipinski definition) is 2. The molecule has 0 heterocycles. The molecule has 0 aliphatic rings. The second-order valence-corrected chi connectivity index (χ2v) is 8.48. The normalized spacial score (nSPS) is 11.5. The van der Waals surface area contributed by atoms with Crippen molar-refractivity contribution in [1.82, 2.24) is 5.32 Å². The van der Waals surface area contributed by atoms with E-state index in [0.29, 0.717) is 17.9 Å². The molecule has 0 aromatic heterocycles. The number of rotatable bonds is 8. The number of aliphatic carboxylic acids is 1. The van der Waals surface area contributed by atoms with Gasteiger partial charge in [-0.3, -0.25) is 4.79 Å². The summed E-state index contributed by atoms with van der Waals surface area (Å²) < 4.78 is 7.25. The summed E-state index contributed by atoms with van der Waals surface area (Å²) >= 11 is 6.66. The summed E-state index contributed by atoms with van der Waals surface area (Å²) in [6, 6.07) is 21.0. The zero-order valence-electron chi connectivity index (χ0n) is 15.8. The van der Waals surface area contributed by atoms with Crippen LogP contribution < -0.4 is 10.1 Å². The summed E-state index contributed by atoms with van der Waals surface area (Å²) in [5.41, 5.74) is 2.16. The fourth-order valence-corrected chi connectivity index (χ4v) is 4.16. The Morgan fingerprint density at radius 2 is 1.57 bits per heavy atom. The molecule has 0 saturated heterocycles. The minimum absolute atomic E-state index is 0.138. The first kappa shape index (κ1) is 22.1. The Balaban J connectivity index is 1.67. The average molecular weight is 533 g/mol. The average Bonchev–Trinajstić information content (AvgIpc) is 2.72. The lowest BCUT2D eigenvalue weighted by atomic mass is 10.0. The number of hydrogen-bond acceptors (Lipinski definition) is 3. The standard InChI is InChI=1S/C23H19Br2NO4/c24-18-11-17(12-19(25)13-18)22(27)26-21(23(28)29)10-16-7-4-8-20(9-16)30-14-15-5-2-1-3-6-15/h1-9,11-13,21H,10,14H2,(H,26,27)(H,28,29)/t21-/m0/s1. The Morgan fingerprint density at radius 3 is 2.23 bits per heavy atom. The molecule has 3 aromatic carbocycles. The van der Waals surface area contributed by atoms with Gasteiger partial charge in [-0.25, -0.2) is 4.79 Å². The second-order valence-electron chi connectivity index (χ2n) is 6.65. The largest absolute Gasteiger partial charge is 0.489 e. The maximum Gasteiger partial charge on any atom is 0.326 e. The van der Waals surface area contributed by atoms with Crippen LogP contribution in [0.3, 0.4) is 0 Å². The van der Waals surface area contributed by atoms with Gasteiger partial charge in [0.15, 0.2) is 0 Å². The zero-order valence-corrected chi connectivity index (χ0v) is 19.0. The summed E-state index contributed by atoms with van der Waals surface area (Å²) in [6.07, 6.45) is 0.138. The van der Waals surface area contributed by atoms with Crippen molar-refractivity contribution in [2.75, 3.05) is 0 Å². The Morgan fingerprint density at radius 1 is 0.900 bits per heavy atom. The topological polar surface area (TPSA) is 75.6 Å². The molecule has 0 fully saturated rings. The fourth-order valence-electron chi connectivity index (χ4n) is 2.87. The highest BCUT2D eigenvalue weighted by Crippen LogP contribution is 2.21. The lowest BCUT2D eigenvalue weighted by Gasteiger charge is -2.16. The van der Waals surface area contributed by atoms with E-state index in [4.69, 9.17) is 4.74 Å². The van der Waals surface area contributed by atoms with E-state index in [0.717, 1.165) is 20.1 Å². The number of amides is 1. The third kappa shape index (κ3) is 6.43. The summed E-state index contributed by atoms with van der Waals surface area (Å²) in [7, 11) is 0. The Kier molecular flexibility index (Phi) is 7.65. The molecule has 0 radical (unpaired) electrons. The van der Waals surface area contributed by atoms with E-state index in [1.54, 1.807) is 24.3 Å². The van der Waals surface area contributed by atoms with Gasteiger partial charge in [0.2, 0.25) is 0 Å². The minimum Gasteiger partial charge on any atom is -0.489 e. The molecule has 0 aliphatic carbocycles. The number of benzene rings is 3. The van der Waals surface area contributed by atoms with Crippen molar-refractivity contribution in [3.8, 4) is 5.75 Å². The molecule has 5 nitrogen and oxygen atoms in total. The molecular weight excluding hydrogens is 514 g/mol. The molecular formula is C23H19Br2NO4. The molecule has 0 unspecified atom stereocenters. The van der Waals surface area contributed by atoms with Crippen molar-refractivity contribution in [2.45, 2.75) is 19.1 Å². The maximum absolute atomic E-state index is 12.5. The second kappa shape index (κ2) is 10.4. The summed E-state index contributed by atoms with van der Waals surface area (Å²) in [4.78, 5) is 24.3. The first-order chi connectivity index (χ1) is 14.4. The van der Waals surface area contributed by atoms with Crippen molar-refractivity contribution in [3.05, 3.63) is 98.4 Å². The van der Waals surface area contributed by atoms with Crippen LogP contribution in [0, 0.1) is 0 Å². The van der Waals surface area contributed by atoms with E-state index in [9.17, 15) is 14.7 Å². The molecule has 3 rings (SSSR count). The highest BCUT2D eigenvalue weighted by molar-refractivity contribution is 9.11. The molecule has 1 amide bonds. The molecule has 0 spiro atoms. The van der Waals surface area contributed by atoms with Crippen molar-refractivity contribution >= 4 is 43.7 Å². The van der Waals surface area contributed by atoms with Crippen LogP contribution in [0.15, 0.2) is 81.7 Å². The van der Waals surface area contributed by atoms with E-state index in [2.05, 4.69) is 37.2 Å². The number of carboxylic acid groups (broad SMARTS) is 1. The lowest BCUT2D eigenvalue weighted by molar-refractivity contribution is -0.139. The van der Waals surface area contributed by atoms with Crippen LogP contribution in [0.25, 0.3) is 0 Å². The molecule has 2 N–H and O–H groups in total. The van der Waals surface area contributed by atoms with Gasteiger partial charge in [0.1, 0.15) is 18.4 Å². The zero-order chi connectivity index (χ0) is 21.5. The van der Waals surface area contributed by atoms with Crippen LogP contribution in [-0.4, -0.2) is 23.0 Å². The molecule has 1 atom stereocenters. The van der Waals surface area contributed by atoms with Crippen LogP contribution in [0.4, 0.5) is 0 Å². The van der Waals surface area contributed by atoms with Gasteiger partial charge >= 0.3 is 5.97 Å². The molecule has 7 heteroatoms.